The monoisotopic (exact) mass is 256 g/mol. The Morgan fingerprint density at radius 2 is 2.00 bits per heavy atom. The van der Waals surface area contributed by atoms with Gasteiger partial charge < -0.3 is 9.15 Å². The van der Waals surface area contributed by atoms with E-state index in [9.17, 15) is 9.59 Å². The first-order chi connectivity index (χ1) is 9.20. The molecule has 1 aliphatic carbocycles. The quantitative estimate of drug-likeness (QED) is 0.735. The largest absolute Gasteiger partial charge is 0.493 e. The van der Waals surface area contributed by atoms with Gasteiger partial charge in [-0.3, -0.25) is 4.79 Å². The van der Waals surface area contributed by atoms with Gasteiger partial charge in [0.1, 0.15) is 0 Å². The van der Waals surface area contributed by atoms with Gasteiger partial charge in [-0.1, -0.05) is 12.1 Å². The number of carbonyl (C=O) groups excluding carboxylic acids is 1. The Kier molecular flexibility index (Phi) is 2.71. The number of aryl methyl sites for hydroxylation is 1. The number of ketones is 1. The minimum Gasteiger partial charge on any atom is -0.493 e. The summed E-state index contributed by atoms with van der Waals surface area (Å²) in [5, 5.41) is 0.827. The van der Waals surface area contributed by atoms with Crippen molar-refractivity contribution < 1.29 is 13.9 Å². The number of methoxy groups -OCH3 is 1. The topological polar surface area (TPSA) is 56.5 Å². The molecule has 96 valence electrons. The second-order valence-corrected chi connectivity index (χ2v) is 4.42. The number of ether oxygens (including phenoxy) is 1. The molecule has 0 saturated carbocycles. The van der Waals surface area contributed by atoms with Crippen molar-refractivity contribution in [1.29, 1.82) is 0 Å². The predicted octanol–water partition coefficient (Wildman–Crippen LogP) is 2.33. The van der Waals surface area contributed by atoms with Gasteiger partial charge in [-0.2, -0.15) is 0 Å². The number of hydrogen-bond donors (Lipinski definition) is 0. The highest BCUT2D eigenvalue weighted by atomic mass is 16.5. The third-order valence-corrected chi connectivity index (χ3v) is 3.32. The van der Waals surface area contributed by atoms with Crippen molar-refractivity contribution in [3.63, 3.8) is 0 Å². The van der Waals surface area contributed by atoms with Crippen molar-refractivity contribution in [2.45, 2.75) is 12.8 Å². The molecule has 0 unspecified atom stereocenters. The number of rotatable bonds is 1. The lowest BCUT2D eigenvalue weighted by atomic mass is 10.0. The van der Waals surface area contributed by atoms with E-state index in [1.165, 1.54) is 13.2 Å². The van der Waals surface area contributed by atoms with Gasteiger partial charge in [-0.15, -0.1) is 0 Å². The smallest absolute Gasteiger partial charge is 0.343 e. The second kappa shape index (κ2) is 4.39. The standard InChI is InChI=1S/C15H12O4/c1-18-13-4-2-3-11-10-7-5-9(16)6-8-12(10)15(17)19-14(11)13/h2-4,6,8H,5,7H2,1H3. The zero-order chi connectivity index (χ0) is 13.4. The lowest BCUT2D eigenvalue weighted by Crippen LogP contribution is -2.08. The minimum atomic E-state index is -0.432. The summed E-state index contributed by atoms with van der Waals surface area (Å²) in [6.07, 6.45) is 3.93. The molecule has 1 heterocycles. The van der Waals surface area contributed by atoms with Gasteiger partial charge in [0.15, 0.2) is 17.1 Å². The van der Waals surface area contributed by atoms with Crippen LogP contribution in [0, 0.1) is 0 Å². The van der Waals surface area contributed by atoms with Gasteiger partial charge in [0.25, 0.3) is 0 Å². The van der Waals surface area contributed by atoms with Crippen molar-refractivity contribution in [3.8, 4) is 5.75 Å². The summed E-state index contributed by atoms with van der Waals surface area (Å²) in [4.78, 5) is 23.5. The van der Waals surface area contributed by atoms with Crippen LogP contribution in [0.1, 0.15) is 17.5 Å². The van der Waals surface area contributed by atoms with Crippen LogP contribution in [-0.4, -0.2) is 12.9 Å². The molecule has 1 aliphatic rings. The van der Waals surface area contributed by atoms with Gasteiger partial charge in [-0.25, -0.2) is 4.79 Å². The van der Waals surface area contributed by atoms with E-state index in [2.05, 4.69) is 0 Å². The van der Waals surface area contributed by atoms with Gasteiger partial charge >= 0.3 is 5.63 Å². The maximum absolute atomic E-state index is 12.0. The fourth-order valence-corrected chi connectivity index (χ4v) is 2.38. The number of fused-ring (bicyclic) bond motifs is 3. The summed E-state index contributed by atoms with van der Waals surface area (Å²) in [6, 6.07) is 5.47. The van der Waals surface area contributed by atoms with Gasteiger partial charge in [0, 0.05) is 11.8 Å². The molecule has 0 saturated heterocycles. The lowest BCUT2D eigenvalue weighted by molar-refractivity contribution is -0.114. The normalized spacial score (nSPS) is 14.3. The minimum absolute atomic E-state index is 0.0200. The van der Waals surface area contributed by atoms with Crippen molar-refractivity contribution in [3.05, 3.63) is 45.8 Å². The molecule has 0 spiro atoms. The number of para-hydroxylation sites is 1. The van der Waals surface area contributed by atoms with E-state index in [4.69, 9.17) is 9.15 Å². The van der Waals surface area contributed by atoms with Crippen LogP contribution in [-0.2, 0) is 11.2 Å². The maximum Gasteiger partial charge on any atom is 0.343 e. The number of hydrogen-bond acceptors (Lipinski definition) is 4. The van der Waals surface area contributed by atoms with Gasteiger partial charge in [0.05, 0.1) is 12.7 Å². The van der Waals surface area contributed by atoms with Crippen LogP contribution in [0.3, 0.4) is 0 Å². The van der Waals surface area contributed by atoms with Crippen LogP contribution in [0.25, 0.3) is 17.0 Å². The van der Waals surface area contributed by atoms with E-state index < -0.39 is 5.63 Å². The molecule has 4 heteroatoms. The highest BCUT2D eigenvalue weighted by Crippen LogP contribution is 2.30. The Hall–Kier alpha value is -2.36. The molecular formula is C15H12O4. The fraction of sp³-hybridized carbons (Fsp3) is 0.200. The SMILES string of the molecule is COc1cccc2c3c(c(=O)oc12)C=CC(=O)CC3. The third kappa shape index (κ3) is 1.85. The molecule has 19 heavy (non-hydrogen) atoms. The van der Waals surface area contributed by atoms with Crippen molar-refractivity contribution in [2.24, 2.45) is 0 Å². The molecule has 0 N–H and O–H groups in total. The average Bonchev–Trinajstić information content (AvgIpc) is 2.61. The zero-order valence-corrected chi connectivity index (χ0v) is 10.4. The molecule has 0 radical (unpaired) electrons. The van der Waals surface area contributed by atoms with Gasteiger partial charge in [0.2, 0.25) is 0 Å². The second-order valence-electron chi connectivity index (χ2n) is 4.42. The number of benzene rings is 1. The van der Waals surface area contributed by atoms with Crippen molar-refractivity contribution >= 4 is 22.8 Å². The lowest BCUT2D eigenvalue weighted by Gasteiger charge is -2.09. The first kappa shape index (κ1) is 11.7. The summed E-state index contributed by atoms with van der Waals surface area (Å²) in [5.41, 5.74) is 1.33. The van der Waals surface area contributed by atoms with Gasteiger partial charge in [-0.05, 0) is 30.2 Å². The molecule has 1 aromatic carbocycles. The Morgan fingerprint density at radius 1 is 1.16 bits per heavy atom. The summed E-state index contributed by atoms with van der Waals surface area (Å²) >= 11 is 0. The Labute approximate surface area is 109 Å². The number of carbonyl (C=O) groups is 1. The van der Waals surface area contributed by atoms with E-state index in [0.717, 1.165) is 10.9 Å². The summed E-state index contributed by atoms with van der Waals surface area (Å²) in [5.74, 6) is 0.545. The summed E-state index contributed by atoms with van der Waals surface area (Å²) < 4.78 is 10.5. The molecule has 0 fully saturated rings. The Morgan fingerprint density at radius 3 is 2.79 bits per heavy atom. The molecule has 1 aromatic heterocycles. The molecule has 3 rings (SSSR count). The van der Waals surface area contributed by atoms with E-state index in [1.807, 2.05) is 12.1 Å². The van der Waals surface area contributed by atoms with E-state index in [0.29, 0.717) is 29.7 Å². The van der Waals surface area contributed by atoms with E-state index >= 15 is 0 Å². The average molecular weight is 256 g/mol. The highest BCUT2D eigenvalue weighted by Gasteiger charge is 2.18. The zero-order valence-electron chi connectivity index (χ0n) is 10.4. The van der Waals surface area contributed by atoms with E-state index in [1.54, 1.807) is 12.1 Å². The van der Waals surface area contributed by atoms with Crippen LogP contribution in [0.5, 0.6) is 5.75 Å². The van der Waals surface area contributed by atoms with Crippen molar-refractivity contribution in [2.75, 3.05) is 7.11 Å². The maximum atomic E-state index is 12.0. The van der Waals surface area contributed by atoms with Crippen LogP contribution in [0.4, 0.5) is 0 Å². The fourth-order valence-electron chi connectivity index (χ4n) is 2.38. The van der Waals surface area contributed by atoms with Crippen molar-refractivity contribution in [1.82, 2.24) is 0 Å². The van der Waals surface area contributed by atoms with Crippen LogP contribution in [0.15, 0.2) is 33.5 Å². The number of allylic oxidation sites excluding steroid dienone is 1. The first-order valence-corrected chi connectivity index (χ1v) is 6.04. The molecule has 0 amide bonds. The predicted molar refractivity (Wildman–Crippen MR) is 71.4 cm³/mol. The summed E-state index contributed by atoms with van der Waals surface area (Å²) in [7, 11) is 1.53. The highest BCUT2D eigenvalue weighted by molar-refractivity contribution is 5.97. The molecule has 0 bridgehead atoms. The molecular weight excluding hydrogens is 244 g/mol. The molecule has 2 aromatic rings. The molecule has 0 atom stereocenters. The molecule has 0 aliphatic heterocycles. The third-order valence-electron chi connectivity index (χ3n) is 3.32. The van der Waals surface area contributed by atoms with Crippen LogP contribution >= 0.6 is 0 Å². The van der Waals surface area contributed by atoms with E-state index in [-0.39, 0.29) is 5.78 Å². The van der Waals surface area contributed by atoms with Crippen LogP contribution < -0.4 is 10.4 Å². The Balaban J connectivity index is 2.39. The Bertz CT molecular complexity index is 753. The summed E-state index contributed by atoms with van der Waals surface area (Å²) in [6.45, 7) is 0. The van der Waals surface area contributed by atoms with Crippen LogP contribution in [0.2, 0.25) is 0 Å². The first-order valence-electron chi connectivity index (χ1n) is 6.04. The molecule has 4 nitrogen and oxygen atoms in total.